The van der Waals surface area contributed by atoms with Gasteiger partial charge in [-0.25, -0.2) is 4.68 Å². The predicted octanol–water partition coefficient (Wildman–Crippen LogP) is 1.67. The molecule has 0 radical (unpaired) electrons. The molecule has 7 nitrogen and oxygen atoms in total. The van der Waals surface area contributed by atoms with Gasteiger partial charge in [-0.1, -0.05) is 30.3 Å². The highest BCUT2D eigenvalue weighted by atomic mass is 16.5. The summed E-state index contributed by atoms with van der Waals surface area (Å²) in [6.07, 6.45) is 2.62. The Morgan fingerprint density at radius 2 is 2.08 bits per heavy atom. The molecule has 1 aliphatic rings. The summed E-state index contributed by atoms with van der Waals surface area (Å²) in [5.41, 5.74) is 1.61. The molecule has 0 N–H and O–H groups in total. The van der Waals surface area contributed by atoms with Crippen molar-refractivity contribution in [3.63, 3.8) is 0 Å². The van der Waals surface area contributed by atoms with Crippen molar-refractivity contribution in [2.75, 3.05) is 38.3 Å². The summed E-state index contributed by atoms with van der Waals surface area (Å²) in [5, 5.41) is 8.05. The van der Waals surface area contributed by atoms with E-state index < -0.39 is 0 Å². The number of ether oxygens (including phenoxy) is 1. The van der Waals surface area contributed by atoms with E-state index in [9.17, 15) is 4.79 Å². The molecule has 3 rings (SSSR count). The van der Waals surface area contributed by atoms with Gasteiger partial charge in [-0.05, 0) is 18.6 Å². The molecular formula is C18H25N5O2. The lowest BCUT2D eigenvalue weighted by Gasteiger charge is -2.42. The van der Waals surface area contributed by atoms with Crippen LogP contribution in [0.3, 0.4) is 0 Å². The van der Waals surface area contributed by atoms with Crippen LogP contribution in [-0.2, 0) is 11.3 Å². The Balaban J connectivity index is 1.68. The number of piperazine rings is 1. The summed E-state index contributed by atoms with van der Waals surface area (Å²) >= 11 is 0. The van der Waals surface area contributed by atoms with Crippen molar-refractivity contribution in [3.05, 3.63) is 42.2 Å². The predicted molar refractivity (Wildman–Crippen MR) is 95.7 cm³/mol. The van der Waals surface area contributed by atoms with Crippen molar-refractivity contribution >= 4 is 11.6 Å². The Labute approximate surface area is 148 Å². The van der Waals surface area contributed by atoms with E-state index in [1.807, 2.05) is 23.1 Å². The molecule has 0 saturated carbocycles. The van der Waals surface area contributed by atoms with Crippen LogP contribution in [0.4, 0.5) is 5.69 Å². The fraction of sp³-hybridized carbons (Fsp3) is 0.500. The number of carbonyl (C=O) groups excluding carboxylic acids is 1. The molecule has 1 fully saturated rings. The quantitative estimate of drug-likeness (QED) is 0.798. The first-order valence-corrected chi connectivity index (χ1v) is 8.73. The lowest BCUT2D eigenvalue weighted by Crippen LogP contribution is -2.55. The smallest absolute Gasteiger partial charge is 0.276 e. The fourth-order valence-corrected chi connectivity index (χ4v) is 3.18. The molecule has 7 heteroatoms. The van der Waals surface area contributed by atoms with Gasteiger partial charge in [-0.2, -0.15) is 0 Å². The van der Waals surface area contributed by atoms with E-state index in [1.165, 1.54) is 5.69 Å². The summed E-state index contributed by atoms with van der Waals surface area (Å²) in [7, 11) is 1.64. The lowest BCUT2D eigenvalue weighted by molar-refractivity contribution is 0.0645. The number of rotatable bonds is 6. The number of methoxy groups -OCH3 is 1. The molecule has 1 atom stereocenters. The molecule has 1 unspecified atom stereocenters. The Morgan fingerprint density at radius 1 is 1.28 bits per heavy atom. The van der Waals surface area contributed by atoms with Gasteiger partial charge in [0.25, 0.3) is 5.91 Å². The highest BCUT2D eigenvalue weighted by Crippen LogP contribution is 2.21. The Morgan fingerprint density at radius 3 is 2.80 bits per heavy atom. The lowest BCUT2D eigenvalue weighted by atomic mass is 10.1. The highest BCUT2D eigenvalue weighted by molar-refractivity contribution is 5.92. The fourth-order valence-electron chi connectivity index (χ4n) is 3.18. The molecule has 1 amide bonds. The summed E-state index contributed by atoms with van der Waals surface area (Å²) in [4.78, 5) is 17.1. The van der Waals surface area contributed by atoms with E-state index in [2.05, 4.69) is 34.3 Å². The number of benzene rings is 1. The third-order valence-corrected chi connectivity index (χ3v) is 4.62. The molecule has 134 valence electrons. The van der Waals surface area contributed by atoms with Crippen molar-refractivity contribution < 1.29 is 9.53 Å². The average molecular weight is 343 g/mol. The Hall–Kier alpha value is -2.41. The maximum absolute atomic E-state index is 12.9. The van der Waals surface area contributed by atoms with Gasteiger partial charge >= 0.3 is 0 Å². The van der Waals surface area contributed by atoms with Gasteiger partial charge in [0.2, 0.25) is 0 Å². The van der Waals surface area contributed by atoms with Crippen LogP contribution in [-0.4, -0.2) is 65.2 Å². The minimum Gasteiger partial charge on any atom is -0.383 e. The van der Waals surface area contributed by atoms with Crippen LogP contribution in [0.2, 0.25) is 0 Å². The maximum atomic E-state index is 12.9. The van der Waals surface area contributed by atoms with E-state index in [0.29, 0.717) is 25.4 Å². The first-order chi connectivity index (χ1) is 12.2. The zero-order chi connectivity index (χ0) is 17.6. The Kier molecular flexibility index (Phi) is 5.65. The van der Waals surface area contributed by atoms with Gasteiger partial charge in [0.1, 0.15) is 0 Å². The minimum absolute atomic E-state index is 0.0387. The summed E-state index contributed by atoms with van der Waals surface area (Å²) < 4.78 is 6.68. The molecular weight excluding hydrogens is 318 g/mol. The van der Waals surface area contributed by atoms with Crippen LogP contribution in [0.15, 0.2) is 36.5 Å². The third kappa shape index (κ3) is 3.99. The SMILES string of the molecule is CCC1CN(c2ccccc2)CCN1C(=O)c1cn(CCOC)nn1. The van der Waals surface area contributed by atoms with Crippen LogP contribution in [0, 0.1) is 0 Å². The number of para-hydroxylation sites is 1. The second-order valence-corrected chi connectivity index (χ2v) is 6.20. The van der Waals surface area contributed by atoms with E-state index in [1.54, 1.807) is 18.0 Å². The van der Waals surface area contributed by atoms with Crippen molar-refractivity contribution in [1.29, 1.82) is 0 Å². The first kappa shape index (κ1) is 17.4. The zero-order valence-electron chi connectivity index (χ0n) is 14.8. The largest absolute Gasteiger partial charge is 0.383 e. The van der Waals surface area contributed by atoms with Crippen molar-refractivity contribution in [2.24, 2.45) is 0 Å². The standard InChI is InChI=1S/C18H25N5O2/c1-3-15-13-21(16-7-5-4-6-8-16)9-10-23(15)18(24)17-14-22(20-19-17)11-12-25-2/h4-8,14-15H,3,9-13H2,1-2H3. The van der Waals surface area contributed by atoms with E-state index >= 15 is 0 Å². The van der Waals surface area contributed by atoms with Crippen LogP contribution in [0.5, 0.6) is 0 Å². The molecule has 1 aromatic carbocycles. The van der Waals surface area contributed by atoms with Crippen LogP contribution >= 0.6 is 0 Å². The summed E-state index contributed by atoms with van der Waals surface area (Å²) in [6.45, 7) is 5.61. The van der Waals surface area contributed by atoms with Gasteiger partial charge in [-0.15, -0.1) is 5.10 Å². The minimum atomic E-state index is -0.0387. The topological polar surface area (TPSA) is 63.5 Å². The van der Waals surface area contributed by atoms with Gasteiger partial charge in [0.15, 0.2) is 5.69 Å². The molecule has 0 aliphatic carbocycles. The maximum Gasteiger partial charge on any atom is 0.276 e. The molecule has 0 bridgehead atoms. The molecule has 1 saturated heterocycles. The second kappa shape index (κ2) is 8.11. The van der Waals surface area contributed by atoms with Gasteiger partial charge in [0.05, 0.1) is 19.3 Å². The van der Waals surface area contributed by atoms with E-state index in [0.717, 1.165) is 19.5 Å². The van der Waals surface area contributed by atoms with Gasteiger partial charge in [0, 0.05) is 38.5 Å². The highest BCUT2D eigenvalue weighted by Gasteiger charge is 2.31. The third-order valence-electron chi connectivity index (χ3n) is 4.62. The first-order valence-electron chi connectivity index (χ1n) is 8.73. The van der Waals surface area contributed by atoms with E-state index in [4.69, 9.17) is 4.74 Å². The number of amides is 1. The zero-order valence-corrected chi connectivity index (χ0v) is 14.8. The number of aromatic nitrogens is 3. The summed E-state index contributed by atoms with van der Waals surface area (Å²) in [6, 6.07) is 10.5. The number of hydrogen-bond acceptors (Lipinski definition) is 5. The van der Waals surface area contributed by atoms with Gasteiger partial charge in [-0.3, -0.25) is 4.79 Å². The Bertz CT molecular complexity index is 688. The van der Waals surface area contributed by atoms with E-state index in [-0.39, 0.29) is 11.9 Å². The number of hydrogen-bond donors (Lipinski definition) is 0. The number of nitrogens with zero attached hydrogens (tertiary/aromatic N) is 5. The molecule has 1 aliphatic heterocycles. The molecule has 2 heterocycles. The van der Waals surface area contributed by atoms with Gasteiger partial charge < -0.3 is 14.5 Å². The molecule has 1 aromatic heterocycles. The van der Waals surface area contributed by atoms with Crippen LogP contribution in [0.1, 0.15) is 23.8 Å². The summed E-state index contributed by atoms with van der Waals surface area (Å²) in [5.74, 6) is -0.0387. The normalized spacial score (nSPS) is 17.8. The monoisotopic (exact) mass is 343 g/mol. The number of carbonyl (C=O) groups is 1. The molecule has 0 spiro atoms. The van der Waals surface area contributed by atoms with Crippen LogP contribution < -0.4 is 4.90 Å². The average Bonchev–Trinajstić information content (AvgIpc) is 3.15. The second-order valence-electron chi connectivity index (χ2n) is 6.20. The molecule has 2 aromatic rings. The van der Waals surface area contributed by atoms with Crippen molar-refractivity contribution in [1.82, 2.24) is 19.9 Å². The molecule has 25 heavy (non-hydrogen) atoms. The van der Waals surface area contributed by atoms with Crippen LogP contribution in [0.25, 0.3) is 0 Å². The van der Waals surface area contributed by atoms with Crippen molar-refractivity contribution in [2.45, 2.75) is 25.9 Å². The van der Waals surface area contributed by atoms with Crippen molar-refractivity contribution in [3.8, 4) is 0 Å². The number of anilines is 1.